The zero-order valence-corrected chi connectivity index (χ0v) is 10.4. The van der Waals surface area contributed by atoms with E-state index >= 15 is 0 Å². The summed E-state index contributed by atoms with van der Waals surface area (Å²) < 4.78 is 6.74. The van der Waals surface area contributed by atoms with Gasteiger partial charge in [-0.3, -0.25) is 4.68 Å². The van der Waals surface area contributed by atoms with Gasteiger partial charge in [-0.1, -0.05) is 30.3 Å². The second-order valence-electron chi connectivity index (χ2n) is 4.22. The van der Waals surface area contributed by atoms with Crippen molar-refractivity contribution in [3.63, 3.8) is 0 Å². The number of benzene rings is 1. The fraction of sp³-hybridized carbons (Fsp3) is 0.0714. The Hall–Kier alpha value is -2.89. The van der Waals surface area contributed by atoms with Gasteiger partial charge in [-0.25, -0.2) is 9.78 Å². The van der Waals surface area contributed by atoms with E-state index in [4.69, 9.17) is 9.52 Å². The third-order valence-electron chi connectivity index (χ3n) is 2.81. The number of aromatic nitrogens is 3. The second-order valence-corrected chi connectivity index (χ2v) is 4.22. The van der Waals surface area contributed by atoms with Crippen LogP contribution >= 0.6 is 0 Å². The standard InChI is InChI=1S/C14H11N3O3/c18-14(19)12-9-20-13(16-12)8-17-7-11(6-15-17)10-4-2-1-3-5-10/h1-7,9H,8H2,(H,18,19). The number of oxazole rings is 1. The van der Waals surface area contributed by atoms with Gasteiger partial charge >= 0.3 is 5.97 Å². The lowest BCUT2D eigenvalue weighted by Gasteiger charge is -1.96. The molecule has 100 valence electrons. The topological polar surface area (TPSA) is 81.1 Å². The van der Waals surface area contributed by atoms with Gasteiger partial charge in [-0.2, -0.15) is 5.10 Å². The van der Waals surface area contributed by atoms with Crippen molar-refractivity contribution in [2.45, 2.75) is 6.54 Å². The van der Waals surface area contributed by atoms with E-state index in [2.05, 4.69) is 10.1 Å². The van der Waals surface area contributed by atoms with Crippen LogP contribution in [0.5, 0.6) is 0 Å². The van der Waals surface area contributed by atoms with Gasteiger partial charge in [0.05, 0.1) is 6.20 Å². The van der Waals surface area contributed by atoms with Crippen LogP contribution in [0.4, 0.5) is 0 Å². The first-order valence-corrected chi connectivity index (χ1v) is 5.98. The van der Waals surface area contributed by atoms with Gasteiger partial charge in [0, 0.05) is 11.8 Å². The maximum absolute atomic E-state index is 10.7. The van der Waals surface area contributed by atoms with Crippen LogP contribution in [0.1, 0.15) is 16.4 Å². The summed E-state index contributed by atoms with van der Waals surface area (Å²) in [6.45, 7) is 0.292. The molecule has 2 aromatic heterocycles. The quantitative estimate of drug-likeness (QED) is 0.785. The number of nitrogens with zero attached hydrogens (tertiary/aromatic N) is 3. The maximum atomic E-state index is 10.7. The summed E-state index contributed by atoms with van der Waals surface area (Å²) in [6, 6.07) is 9.86. The van der Waals surface area contributed by atoms with Gasteiger partial charge in [-0.05, 0) is 5.56 Å². The van der Waals surface area contributed by atoms with Gasteiger partial charge in [-0.15, -0.1) is 0 Å². The smallest absolute Gasteiger partial charge is 0.357 e. The molecule has 0 radical (unpaired) electrons. The average Bonchev–Trinajstić information content (AvgIpc) is 3.10. The van der Waals surface area contributed by atoms with Crippen LogP contribution in [-0.2, 0) is 6.54 Å². The van der Waals surface area contributed by atoms with E-state index in [1.54, 1.807) is 10.9 Å². The minimum Gasteiger partial charge on any atom is -0.476 e. The minimum absolute atomic E-state index is 0.101. The predicted octanol–water partition coefficient (Wildman–Crippen LogP) is 2.28. The Bertz CT molecular complexity index is 731. The number of aromatic carboxylic acids is 1. The Balaban J connectivity index is 1.78. The molecule has 0 aliphatic heterocycles. The molecule has 0 fully saturated rings. The molecule has 0 bridgehead atoms. The van der Waals surface area contributed by atoms with E-state index < -0.39 is 5.97 Å². The summed E-state index contributed by atoms with van der Waals surface area (Å²) >= 11 is 0. The molecule has 1 aromatic carbocycles. The first-order chi connectivity index (χ1) is 9.72. The Morgan fingerprint density at radius 3 is 2.75 bits per heavy atom. The van der Waals surface area contributed by atoms with Crippen LogP contribution in [0.3, 0.4) is 0 Å². The number of rotatable bonds is 4. The zero-order chi connectivity index (χ0) is 13.9. The normalized spacial score (nSPS) is 10.6. The summed E-state index contributed by atoms with van der Waals surface area (Å²) in [5.74, 6) is -0.796. The summed E-state index contributed by atoms with van der Waals surface area (Å²) in [6.07, 6.45) is 4.73. The Kier molecular flexibility index (Phi) is 3.04. The number of carboxylic acid groups (broad SMARTS) is 1. The SMILES string of the molecule is O=C(O)c1coc(Cn2cc(-c3ccccc3)cn2)n1. The molecule has 3 rings (SSSR count). The van der Waals surface area contributed by atoms with E-state index in [9.17, 15) is 4.79 Å². The highest BCUT2D eigenvalue weighted by atomic mass is 16.4. The van der Waals surface area contributed by atoms with Crippen LogP contribution in [0.25, 0.3) is 11.1 Å². The van der Waals surface area contributed by atoms with Crippen LogP contribution < -0.4 is 0 Å². The molecular formula is C14H11N3O3. The van der Waals surface area contributed by atoms with Crippen LogP contribution in [-0.4, -0.2) is 25.8 Å². The summed E-state index contributed by atoms with van der Waals surface area (Å²) in [5, 5.41) is 13.0. The molecule has 0 unspecified atom stereocenters. The molecule has 20 heavy (non-hydrogen) atoms. The predicted molar refractivity (Wildman–Crippen MR) is 70.2 cm³/mol. The highest BCUT2D eigenvalue weighted by Crippen LogP contribution is 2.18. The van der Waals surface area contributed by atoms with Gasteiger partial charge in [0.15, 0.2) is 5.69 Å². The monoisotopic (exact) mass is 269 g/mol. The molecule has 6 nitrogen and oxygen atoms in total. The Morgan fingerprint density at radius 2 is 2.05 bits per heavy atom. The van der Waals surface area contributed by atoms with Crippen molar-refractivity contribution in [1.29, 1.82) is 0 Å². The molecule has 0 spiro atoms. The van der Waals surface area contributed by atoms with Crippen molar-refractivity contribution in [2.75, 3.05) is 0 Å². The van der Waals surface area contributed by atoms with Gasteiger partial charge < -0.3 is 9.52 Å². The van der Waals surface area contributed by atoms with Crippen LogP contribution in [0.2, 0.25) is 0 Å². The molecule has 3 aromatic rings. The first-order valence-electron chi connectivity index (χ1n) is 5.98. The highest BCUT2D eigenvalue weighted by molar-refractivity contribution is 5.84. The van der Waals surface area contributed by atoms with Gasteiger partial charge in [0.25, 0.3) is 0 Å². The molecule has 0 aliphatic carbocycles. The van der Waals surface area contributed by atoms with Crippen LogP contribution in [0.15, 0.2) is 53.4 Å². The lowest BCUT2D eigenvalue weighted by Crippen LogP contribution is -2.02. The van der Waals surface area contributed by atoms with E-state index in [-0.39, 0.29) is 5.69 Å². The minimum atomic E-state index is -1.11. The molecule has 0 atom stereocenters. The zero-order valence-electron chi connectivity index (χ0n) is 10.4. The van der Waals surface area contributed by atoms with Crippen molar-refractivity contribution in [1.82, 2.24) is 14.8 Å². The molecule has 0 aliphatic rings. The largest absolute Gasteiger partial charge is 0.476 e. The molecule has 6 heteroatoms. The molecule has 2 heterocycles. The van der Waals surface area contributed by atoms with Crippen molar-refractivity contribution >= 4 is 5.97 Å². The maximum Gasteiger partial charge on any atom is 0.357 e. The first kappa shape index (κ1) is 12.2. The third kappa shape index (κ3) is 2.44. The molecule has 0 amide bonds. The lowest BCUT2D eigenvalue weighted by atomic mass is 10.1. The Labute approximate surface area is 114 Å². The average molecular weight is 269 g/mol. The number of hydrogen-bond donors (Lipinski definition) is 1. The van der Waals surface area contributed by atoms with Crippen LogP contribution in [0, 0.1) is 0 Å². The second kappa shape index (κ2) is 5.00. The van der Waals surface area contributed by atoms with Gasteiger partial charge in [0.2, 0.25) is 5.89 Å². The van der Waals surface area contributed by atoms with E-state index in [0.717, 1.165) is 17.4 Å². The van der Waals surface area contributed by atoms with E-state index in [1.807, 2.05) is 36.5 Å². The fourth-order valence-electron chi connectivity index (χ4n) is 1.85. The summed E-state index contributed by atoms with van der Waals surface area (Å²) in [5.41, 5.74) is 1.95. The molecule has 0 saturated carbocycles. The molecule has 1 N–H and O–H groups in total. The summed E-state index contributed by atoms with van der Waals surface area (Å²) in [4.78, 5) is 14.6. The summed E-state index contributed by atoms with van der Waals surface area (Å²) in [7, 11) is 0. The highest BCUT2D eigenvalue weighted by Gasteiger charge is 2.11. The number of hydrogen-bond acceptors (Lipinski definition) is 4. The van der Waals surface area contributed by atoms with Crippen molar-refractivity contribution in [3.8, 4) is 11.1 Å². The van der Waals surface area contributed by atoms with Gasteiger partial charge in [0.1, 0.15) is 12.8 Å². The lowest BCUT2D eigenvalue weighted by molar-refractivity contribution is 0.0690. The van der Waals surface area contributed by atoms with E-state index in [0.29, 0.717) is 12.4 Å². The fourth-order valence-corrected chi connectivity index (χ4v) is 1.85. The molecule has 0 saturated heterocycles. The van der Waals surface area contributed by atoms with E-state index in [1.165, 1.54) is 0 Å². The third-order valence-corrected chi connectivity index (χ3v) is 2.81. The number of carbonyl (C=O) groups is 1. The van der Waals surface area contributed by atoms with Crippen molar-refractivity contribution in [2.24, 2.45) is 0 Å². The Morgan fingerprint density at radius 1 is 1.25 bits per heavy atom. The molecular weight excluding hydrogens is 258 g/mol. The van der Waals surface area contributed by atoms with Crippen molar-refractivity contribution in [3.05, 3.63) is 60.6 Å². The van der Waals surface area contributed by atoms with Crippen molar-refractivity contribution < 1.29 is 14.3 Å². The number of carboxylic acids is 1.